The van der Waals surface area contributed by atoms with Crippen molar-refractivity contribution in [2.75, 3.05) is 0 Å². The number of nitrogens with zero attached hydrogens (tertiary/aromatic N) is 5. The Balaban J connectivity index is 0.952. The van der Waals surface area contributed by atoms with Gasteiger partial charge in [-0.05, 0) is 118 Å². The molecule has 0 aliphatic heterocycles. The van der Waals surface area contributed by atoms with E-state index in [4.69, 9.17) is 19.4 Å². The first-order valence-electron chi connectivity index (χ1n) is 24.0. The van der Waals surface area contributed by atoms with Crippen LogP contribution in [0.15, 0.2) is 241 Å². The van der Waals surface area contributed by atoms with Crippen LogP contribution in [0.3, 0.4) is 0 Å². The molecule has 4 heterocycles. The van der Waals surface area contributed by atoms with Crippen LogP contribution in [-0.4, -0.2) is 24.1 Å². The van der Waals surface area contributed by atoms with Gasteiger partial charge in [0.05, 0.1) is 22.1 Å². The Morgan fingerprint density at radius 1 is 0.282 bits per heavy atom. The van der Waals surface area contributed by atoms with Gasteiger partial charge < -0.3 is 13.6 Å². The van der Waals surface area contributed by atoms with Gasteiger partial charge in [-0.25, -0.2) is 15.0 Å². The predicted molar refractivity (Wildman–Crippen MR) is 293 cm³/mol. The lowest BCUT2D eigenvalue weighted by atomic mass is 10.0. The smallest absolute Gasteiger partial charge is 0.164 e. The third kappa shape index (κ3) is 6.18. The molecular formula is C65H39N5O. The Morgan fingerprint density at radius 2 is 0.887 bits per heavy atom. The predicted octanol–water partition coefficient (Wildman–Crippen LogP) is 16.9. The quantitative estimate of drug-likeness (QED) is 0.167. The Kier molecular flexibility index (Phi) is 8.56. The van der Waals surface area contributed by atoms with Gasteiger partial charge in [-0.2, -0.15) is 0 Å². The summed E-state index contributed by atoms with van der Waals surface area (Å²) in [6, 6.07) is 83.9. The summed E-state index contributed by atoms with van der Waals surface area (Å²) in [6.45, 7) is 0. The zero-order valence-electron chi connectivity index (χ0n) is 38.2. The summed E-state index contributed by atoms with van der Waals surface area (Å²) in [5.41, 5.74) is 13.3. The van der Waals surface area contributed by atoms with Gasteiger partial charge in [-0.3, -0.25) is 0 Å². The minimum atomic E-state index is 0.577. The SMILES string of the molecule is c1ccc(-c2cccc(-c3nc(-c4ccc5oc6ccc7ccc(-n8c9ccccc9c9cc%10ccccc%10cc98)cc7c6c5c4)nc(-c4cccc5c4c4ccccc4n5-c4ccccc4)n3)c2)cc1. The Labute approximate surface area is 407 Å². The number of aromatic nitrogens is 5. The molecule has 0 spiro atoms. The fourth-order valence-electron chi connectivity index (χ4n) is 11.1. The normalized spacial score (nSPS) is 11.9. The van der Waals surface area contributed by atoms with Gasteiger partial charge in [0, 0.05) is 60.4 Å². The fraction of sp³-hybridized carbons (Fsp3) is 0. The van der Waals surface area contributed by atoms with Gasteiger partial charge in [-0.1, -0.05) is 152 Å². The van der Waals surface area contributed by atoms with Crippen LogP contribution in [0.4, 0.5) is 0 Å². The van der Waals surface area contributed by atoms with Gasteiger partial charge in [-0.15, -0.1) is 0 Å². The molecule has 0 saturated carbocycles. The Morgan fingerprint density at radius 3 is 1.72 bits per heavy atom. The molecule has 0 N–H and O–H groups in total. The van der Waals surface area contributed by atoms with E-state index in [1.54, 1.807) is 0 Å². The molecule has 6 nitrogen and oxygen atoms in total. The number of hydrogen-bond acceptors (Lipinski definition) is 4. The summed E-state index contributed by atoms with van der Waals surface area (Å²) in [5.74, 6) is 1.77. The van der Waals surface area contributed by atoms with E-state index in [1.807, 2.05) is 6.07 Å². The average Bonchev–Trinajstić information content (AvgIpc) is 4.10. The number of fused-ring (bicyclic) bond motifs is 12. The van der Waals surface area contributed by atoms with Crippen LogP contribution in [0.5, 0.6) is 0 Å². The summed E-state index contributed by atoms with van der Waals surface area (Å²) in [5, 5.41) is 11.4. The largest absolute Gasteiger partial charge is 0.456 e. The third-order valence-corrected chi connectivity index (χ3v) is 14.3. The molecule has 15 aromatic rings. The van der Waals surface area contributed by atoms with Crippen molar-refractivity contribution in [2.45, 2.75) is 0 Å². The fourth-order valence-corrected chi connectivity index (χ4v) is 11.1. The van der Waals surface area contributed by atoms with Crippen molar-refractivity contribution in [2.24, 2.45) is 0 Å². The molecule has 0 radical (unpaired) electrons. The van der Waals surface area contributed by atoms with E-state index >= 15 is 0 Å². The summed E-state index contributed by atoms with van der Waals surface area (Å²) in [6.07, 6.45) is 0. The second-order valence-corrected chi connectivity index (χ2v) is 18.4. The molecule has 4 aromatic heterocycles. The average molecular weight is 906 g/mol. The lowest BCUT2D eigenvalue weighted by Gasteiger charge is -2.11. The molecule has 15 rings (SSSR count). The van der Waals surface area contributed by atoms with Gasteiger partial charge >= 0.3 is 0 Å². The van der Waals surface area contributed by atoms with Crippen molar-refractivity contribution in [1.29, 1.82) is 0 Å². The molecule has 0 fully saturated rings. The van der Waals surface area contributed by atoms with E-state index in [2.05, 4.69) is 240 Å². The van der Waals surface area contributed by atoms with Gasteiger partial charge in [0.1, 0.15) is 11.2 Å². The zero-order valence-corrected chi connectivity index (χ0v) is 38.2. The topological polar surface area (TPSA) is 61.7 Å². The highest BCUT2D eigenvalue weighted by atomic mass is 16.3. The second kappa shape index (κ2) is 15.4. The van der Waals surface area contributed by atoms with Crippen LogP contribution in [-0.2, 0) is 0 Å². The van der Waals surface area contributed by atoms with Crippen LogP contribution in [0, 0.1) is 0 Å². The Bertz CT molecular complexity index is 4640. The van der Waals surface area contributed by atoms with E-state index in [0.29, 0.717) is 17.5 Å². The van der Waals surface area contributed by atoms with E-state index in [-0.39, 0.29) is 0 Å². The number of furan rings is 1. The lowest BCUT2D eigenvalue weighted by Crippen LogP contribution is -2.01. The molecule has 0 unspecified atom stereocenters. The van der Waals surface area contributed by atoms with Crippen molar-refractivity contribution in [1.82, 2.24) is 24.1 Å². The van der Waals surface area contributed by atoms with Crippen molar-refractivity contribution in [3.63, 3.8) is 0 Å². The van der Waals surface area contributed by atoms with Crippen LogP contribution in [0.1, 0.15) is 0 Å². The zero-order chi connectivity index (χ0) is 46.6. The maximum atomic E-state index is 6.68. The van der Waals surface area contributed by atoms with E-state index in [9.17, 15) is 0 Å². The maximum Gasteiger partial charge on any atom is 0.164 e. The molecule has 6 heteroatoms. The van der Waals surface area contributed by atoms with Crippen LogP contribution in [0.2, 0.25) is 0 Å². The first-order chi connectivity index (χ1) is 35.2. The van der Waals surface area contributed by atoms with Crippen molar-refractivity contribution >= 4 is 87.1 Å². The molecule has 0 aliphatic carbocycles. The molecule has 0 saturated heterocycles. The number of benzene rings is 11. The summed E-state index contributed by atoms with van der Waals surface area (Å²) in [4.78, 5) is 16.1. The highest BCUT2D eigenvalue weighted by Gasteiger charge is 2.22. The highest BCUT2D eigenvalue weighted by Crippen LogP contribution is 2.42. The molecule has 330 valence electrons. The summed E-state index contributed by atoms with van der Waals surface area (Å²) < 4.78 is 11.4. The maximum absolute atomic E-state index is 6.68. The minimum Gasteiger partial charge on any atom is -0.456 e. The Hall–Kier alpha value is -9.65. The summed E-state index contributed by atoms with van der Waals surface area (Å²) >= 11 is 0. The molecule has 11 aromatic carbocycles. The standard InChI is InChI=1S/C65H39N5O/c1-3-15-40(16-4-1)42-19-13-20-45(35-42)63-66-64(68-65(67-63)51-25-14-28-57-61(51)50-24-10-12-27-56(50)69(57)47-21-5-2-6-22-47)46-31-33-59-54(37-46)62-52-39-48(32-29-41(52)30-34-60(62)71-59)70-55-26-11-9-23-49(55)53-36-43-17-7-8-18-44(43)38-58(53)70/h1-39H. The minimum absolute atomic E-state index is 0.577. The van der Waals surface area contributed by atoms with E-state index in [1.165, 1.54) is 32.6 Å². The van der Waals surface area contributed by atoms with Gasteiger partial charge in [0.2, 0.25) is 0 Å². The second-order valence-electron chi connectivity index (χ2n) is 18.4. The van der Waals surface area contributed by atoms with Crippen molar-refractivity contribution < 1.29 is 4.42 Å². The first-order valence-corrected chi connectivity index (χ1v) is 24.0. The molecule has 0 amide bonds. The van der Waals surface area contributed by atoms with Crippen molar-refractivity contribution in [3.05, 3.63) is 237 Å². The van der Waals surface area contributed by atoms with Crippen LogP contribution < -0.4 is 0 Å². The third-order valence-electron chi connectivity index (χ3n) is 14.3. The van der Waals surface area contributed by atoms with Gasteiger partial charge in [0.15, 0.2) is 17.5 Å². The summed E-state index contributed by atoms with van der Waals surface area (Å²) in [7, 11) is 0. The molecular weight excluding hydrogens is 867 g/mol. The molecule has 0 bridgehead atoms. The molecule has 0 atom stereocenters. The number of hydrogen-bond donors (Lipinski definition) is 0. The number of para-hydroxylation sites is 3. The highest BCUT2D eigenvalue weighted by molar-refractivity contribution is 6.20. The van der Waals surface area contributed by atoms with Crippen LogP contribution >= 0.6 is 0 Å². The first kappa shape index (κ1) is 39.4. The monoisotopic (exact) mass is 905 g/mol. The van der Waals surface area contributed by atoms with E-state index in [0.717, 1.165) is 93.7 Å². The van der Waals surface area contributed by atoms with Crippen LogP contribution in [0.25, 0.3) is 144 Å². The van der Waals surface area contributed by atoms with Crippen molar-refractivity contribution in [3.8, 4) is 56.7 Å². The van der Waals surface area contributed by atoms with Gasteiger partial charge in [0.25, 0.3) is 0 Å². The van der Waals surface area contributed by atoms with E-state index < -0.39 is 0 Å². The molecule has 0 aliphatic rings. The number of rotatable bonds is 6. The molecule has 71 heavy (non-hydrogen) atoms. The lowest BCUT2D eigenvalue weighted by molar-refractivity contribution is 0.669.